The highest BCUT2D eigenvalue weighted by atomic mass is 19.4. The van der Waals surface area contributed by atoms with Crippen LogP contribution in [-0.4, -0.2) is 5.54 Å². The highest BCUT2D eigenvalue weighted by Crippen LogP contribution is 2.66. The van der Waals surface area contributed by atoms with Gasteiger partial charge in [0.05, 0.1) is 12.1 Å². The zero-order valence-electron chi connectivity index (χ0n) is 17.0. The molecule has 0 amide bonds. The van der Waals surface area contributed by atoms with Gasteiger partial charge in [0.15, 0.2) is 0 Å². The second-order valence-corrected chi connectivity index (χ2v) is 10.6. The Labute approximate surface area is 169 Å². The Morgan fingerprint density at radius 1 is 1.00 bits per heavy atom. The minimum Gasteiger partial charge on any atom is -0.460 e. The molecule has 0 spiro atoms. The maximum absolute atomic E-state index is 13.0. The Hall–Kier alpha value is -1.75. The maximum atomic E-state index is 13.0. The lowest BCUT2D eigenvalue weighted by molar-refractivity contribution is -0.137. The van der Waals surface area contributed by atoms with Crippen LogP contribution < -0.4 is 5.32 Å². The Morgan fingerprint density at radius 2 is 1.72 bits per heavy atom. The molecule has 5 heteroatoms. The van der Waals surface area contributed by atoms with Crippen molar-refractivity contribution in [3.05, 3.63) is 47.7 Å². The fraction of sp³-hybridized carbons (Fsp3) is 0.583. The van der Waals surface area contributed by atoms with Gasteiger partial charge in [-0.25, -0.2) is 0 Å². The van der Waals surface area contributed by atoms with Crippen LogP contribution in [0.4, 0.5) is 13.2 Å². The van der Waals surface area contributed by atoms with Crippen molar-refractivity contribution in [2.75, 3.05) is 0 Å². The lowest BCUT2D eigenvalue weighted by Gasteiger charge is -2.65. The van der Waals surface area contributed by atoms with Crippen molar-refractivity contribution in [2.24, 2.45) is 16.7 Å². The van der Waals surface area contributed by atoms with Gasteiger partial charge in [0.1, 0.15) is 11.5 Å². The van der Waals surface area contributed by atoms with Crippen LogP contribution in [0.25, 0.3) is 11.3 Å². The zero-order valence-corrected chi connectivity index (χ0v) is 17.0. The molecule has 4 saturated carbocycles. The molecule has 1 N–H and O–H groups in total. The van der Waals surface area contributed by atoms with E-state index in [1.165, 1.54) is 44.6 Å². The SMILES string of the molecule is C[C@]12CC3CC(NCc4ccc(-c5cccc(C(F)(F)F)c5)o4)(C1)C[C@@](C)(C3)C2. The molecule has 2 unspecified atom stereocenters. The van der Waals surface area contributed by atoms with Crippen molar-refractivity contribution in [3.8, 4) is 11.3 Å². The van der Waals surface area contributed by atoms with Gasteiger partial charge in [-0.1, -0.05) is 26.0 Å². The molecule has 4 aliphatic carbocycles. The molecule has 0 radical (unpaired) electrons. The first-order valence-corrected chi connectivity index (χ1v) is 10.6. The van der Waals surface area contributed by atoms with Gasteiger partial charge in [-0.05, 0) is 79.5 Å². The summed E-state index contributed by atoms with van der Waals surface area (Å²) in [5.74, 6) is 2.08. The van der Waals surface area contributed by atoms with E-state index in [2.05, 4.69) is 19.2 Å². The van der Waals surface area contributed by atoms with Crippen molar-refractivity contribution >= 4 is 0 Å². The third-order valence-electron chi connectivity index (χ3n) is 7.40. The average Bonchev–Trinajstić information content (AvgIpc) is 3.05. The lowest BCUT2D eigenvalue weighted by Crippen LogP contribution is -2.63. The summed E-state index contributed by atoms with van der Waals surface area (Å²) < 4.78 is 44.9. The number of furan rings is 1. The highest BCUT2D eigenvalue weighted by molar-refractivity contribution is 5.58. The molecule has 6 rings (SSSR count). The highest BCUT2D eigenvalue weighted by Gasteiger charge is 2.59. The van der Waals surface area contributed by atoms with E-state index in [1.807, 2.05) is 6.07 Å². The molecule has 4 fully saturated rings. The summed E-state index contributed by atoms with van der Waals surface area (Å²) >= 11 is 0. The third kappa shape index (κ3) is 3.52. The summed E-state index contributed by atoms with van der Waals surface area (Å²) in [5, 5.41) is 3.82. The van der Waals surface area contributed by atoms with Crippen LogP contribution in [0, 0.1) is 16.7 Å². The molecule has 2 aromatic rings. The number of nitrogens with one attached hydrogen (secondary N) is 1. The Balaban J connectivity index is 1.32. The predicted molar refractivity (Wildman–Crippen MR) is 106 cm³/mol. The minimum absolute atomic E-state index is 0.173. The Morgan fingerprint density at radius 3 is 2.38 bits per heavy atom. The quantitative estimate of drug-likeness (QED) is 0.607. The minimum atomic E-state index is -4.35. The van der Waals surface area contributed by atoms with Gasteiger partial charge in [-0.2, -0.15) is 13.2 Å². The number of hydrogen-bond acceptors (Lipinski definition) is 2. The molecule has 0 saturated heterocycles. The molecule has 1 heterocycles. The van der Waals surface area contributed by atoms with Gasteiger partial charge in [0.2, 0.25) is 0 Å². The molecular weight excluding hydrogens is 375 g/mol. The first-order valence-electron chi connectivity index (χ1n) is 10.6. The first kappa shape index (κ1) is 19.2. The molecule has 4 bridgehead atoms. The van der Waals surface area contributed by atoms with Crippen LogP contribution in [0.3, 0.4) is 0 Å². The normalized spacial score (nSPS) is 36.0. The van der Waals surface area contributed by atoms with Gasteiger partial charge in [-0.15, -0.1) is 0 Å². The monoisotopic (exact) mass is 403 g/mol. The fourth-order valence-electron chi connectivity index (χ4n) is 7.40. The van der Waals surface area contributed by atoms with E-state index < -0.39 is 11.7 Å². The van der Waals surface area contributed by atoms with E-state index in [0.29, 0.717) is 28.7 Å². The predicted octanol–water partition coefficient (Wildman–Crippen LogP) is 6.80. The zero-order chi connectivity index (χ0) is 20.5. The lowest BCUT2D eigenvalue weighted by atomic mass is 9.43. The van der Waals surface area contributed by atoms with Crippen molar-refractivity contribution < 1.29 is 17.6 Å². The van der Waals surface area contributed by atoms with E-state index >= 15 is 0 Å². The summed E-state index contributed by atoms with van der Waals surface area (Å²) in [6, 6.07) is 8.97. The molecule has 0 aliphatic heterocycles. The second kappa shape index (κ2) is 6.13. The van der Waals surface area contributed by atoms with Crippen molar-refractivity contribution in [3.63, 3.8) is 0 Å². The summed E-state index contributed by atoms with van der Waals surface area (Å²) in [6.45, 7) is 5.52. The van der Waals surface area contributed by atoms with Gasteiger partial charge in [0, 0.05) is 11.1 Å². The van der Waals surface area contributed by atoms with Crippen LogP contribution in [0.5, 0.6) is 0 Å². The molecule has 2 nitrogen and oxygen atoms in total. The van der Waals surface area contributed by atoms with Crippen LogP contribution in [0.15, 0.2) is 40.8 Å². The number of halogens is 3. The number of rotatable bonds is 4. The fourth-order valence-corrected chi connectivity index (χ4v) is 7.40. The van der Waals surface area contributed by atoms with E-state index in [-0.39, 0.29) is 5.54 Å². The maximum Gasteiger partial charge on any atom is 0.416 e. The third-order valence-corrected chi connectivity index (χ3v) is 7.40. The molecule has 4 aliphatic rings. The van der Waals surface area contributed by atoms with Crippen molar-refractivity contribution in [1.29, 1.82) is 0 Å². The molecule has 156 valence electrons. The molecule has 1 aromatic heterocycles. The molecular formula is C24H28F3NO. The van der Waals surface area contributed by atoms with Crippen LogP contribution in [0.1, 0.15) is 63.7 Å². The van der Waals surface area contributed by atoms with Crippen LogP contribution in [0.2, 0.25) is 0 Å². The molecule has 29 heavy (non-hydrogen) atoms. The van der Waals surface area contributed by atoms with E-state index in [1.54, 1.807) is 12.1 Å². The van der Waals surface area contributed by atoms with E-state index in [9.17, 15) is 13.2 Å². The smallest absolute Gasteiger partial charge is 0.416 e. The number of hydrogen-bond donors (Lipinski definition) is 1. The second-order valence-electron chi connectivity index (χ2n) is 10.6. The van der Waals surface area contributed by atoms with Crippen LogP contribution >= 0.6 is 0 Å². The summed E-state index contributed by atoms with van der Waals surface area (Å²) in [6.07, 6.45) is 3.36. The average molecular weight is 403 g/mol. The van der Waals surface area contributed by atoms with E-state index in [0.717, 1.165) is 23.8 Å². The summed E-state index contributed by atoms with van der Waals surface area (Å²) in [5.41, 5.74) is 0.856. The topological polar surface area (TPSA) is 25.2 Å². The summed E-state index contributed by atoms with van der Waals surface area (Å²) in [4.78, 5) is 0. The number of benzene rings is 1. The number of alkyl halides is 3. The van der Waals surface area contributed by atoms with Gasteiger partial charge < -0.3 is 9.73 Å². The standard InChI is InChI=1S/C24H28F3NO/c1-21-9-16-10-22(2,13-21)15-23(11-16,14-21)28-12-19-6-7-20(29-19)17-4-3-5-18(8-17)24(25,26)27/h3-8,16,28H,9-15H2,1-2H3/t16?,21-,22+,23?. The van der Waals surface area contributed by atoms with Gasteiger partial charge in [0.25, 0.3) is 0 Å². The van der Waals surface area contributed by atoms with Crippen molar-refractivity contribution in [1.82, 2.24) is 5.32 Å². The van der Waals surface area contributed by atoms with Gasteiger partial charge in [-0.3, -0.25) is 0 Å². The Bertz CT molecular complexity index is 912. The first-order chi connectivity index (χ1) is 13.6. The Kier molecular flexibility index (Phi) is 4.06. The van der Waals surface area contributed by atoms with E-state index in [4.69, 9.17) is 4.42 Å². The van der Waals surface area contributed by atoms with Crippen LogP contribution in [-0.2, 0) is 12.7 Å². The largest absolute Gasteiger partial charge is 0.460 e. The molecule has 4 atom stereocenters. The summed E-state index contributed by atoms with van der Waals surface area (Å²) in [7, 11) is 0. The molecule has 1 aromatic carbocycles. The van der Waals surface area contributed by atoms with Gasteiger partial charge >= 0.3 is 6.18 Å². The van der Waals surface area contributed by atoms with Crippen molar-refractivity contribution in [2.45, 2.75) is 70.6 Å².